The predicted octanol–water partition coefficient (Wildman–Crippen LogP) is 1.63. The van der Waals surface area contributed by atoms with Gasteiger partial charge in [-0.3, -0.25) is 4.39 Å². The van der Waals surface area contributed by atoms with E-state index in [1.807, 2.05) is 6.92 Å². The van der Waals surface area contributed by atoms with Gasteiger partial charge in [-0.2, -0.15) is 0 Å². The minimum absolute atomic E-state index is 0.111. The van der Waals surface area contributed by atoms with Gasteiger partial charge < -0.3 is 4.74 Å². The Labute approximate surface area is 49.8 Å². The first-order valence-corrected chi connectivity index (χ1v) is 2.90. The molecular formula is C6H13FO. The normalized spacial score (nSPS) is 13.9. The van der Waals surface area contributed by atoms with Gasteiger partial charge in [-0.15, -0.1) is 0 Å². The lowest BCUT2D eigenvalue weighted by atomic mass is 10.1. The highest BCUT2D eigenvalue weighted by Crippen LogP contribution is 2.01. The van der Waals surface area contributed by atoms with Crippen LogP contribution in [0.5, 0.6) is 0 Å². The Balaban J connectivity index is 3.07. The summed E-state index contributed by atoms with van der Waals surface area (Å²) in [6.45, 7) is 2.25. The molecule has 0 radical (unpaired) electrons. The molecule has 0 fully saturated rings. The van der Waals surface area contributed by atoms with Crippen LogP contribution >= 0.6 is 0 Å². The molecule has 0 aromatic heterocycles. The van der Waals surface area contributed by atoms with Gasteiger partial charge in [-0.1, -0.05) is 6.92 Å². The molecule has 0 aliphatic rings. The molecule has 0 aromatic carbocycles. The molecule has 0 rings (SSSR count). The molecule has 0 spiro atoms. The molecular weight excluding hydrogens is 107 g/mol. The van der Waals surface area contributed by atoms with Crippen LogP contribution in [-0.2, 0) is 4.74 Å². The van der Waals surface area contributed by atoms with E-state index in [-0.39, 0.29) is 12.6 Å². The van der Waals surface area contributed by atoms with E-state index in [2.05, 4.69) is 0 Å². The van der Waals surface area contributed by atoms with Crippen molar-refractivity contribution in [3.63, 3.8) is 0 Å². The SMILES string of the molecule is CCC(CF)COC. The highest BCUT2D eigenvalue weighted by atomic mass is 19.1. The van der Waals surface area contributed by atoms with Crippen LogP contribution in [0.2, 0.25) is 0 Å². The smallest absolute Gasteiger partial charge is 0.0944 e. The van der Waals surface area contributed by atoms with E-state index >= 15 is 0 Å². The lowest BCUT2D eigenvalue weighted by Crippen LogP contribution is -2.08. The van der Waals surface area contributed by atoms with Crippen molar-refractivity contribution in [2.75, 3.05) is 20.4 Å². The second-order valence-electron chi connectivity index (χ2n) is 1.88. The topological polar surface area (TPSA) is 9.23 Å². The summed E-state index contributed by atoms with van der Waals surface area (Å²) in [5, 5.41) is 0. The van der Waals surface area contributed by atoms with Crippen molar-refractivity contribution in [1.82, 2.24) is 0 Å². The fraction of sp³-hybridized carbons (Fsp3) is 1.00. The summed E-state index contributed by atoms with van der Waals surface area (Å²) < 4.78 is 16.5. The Kier molecular flexibility index (Phi) is 4.97. The molecule has 0 saturated heterocycles. The van der Waals surface area contributed by atoms with Crippen LogP contribution in [-0.4, -0.2) is 20.4 Å². The zero-order valence-corrected chi connectivity index (χ0v) is 5.48. The molecule has 0 saturated carbocycles. The van der Waals surface area contributed by atoms with Crippen molar-refractivity contribution < 1.29 is 9.13 Å². The standard InChI is InChI=1S/C6H13FO/c1-3-6(4-7)5-8-2/h6H,3-5H2,1-2H3. The fourth-order valence-electron chi connectivity index (χ4n) is 0.507. The molecule has 0 amide bonds. The number of alkyl halides is 1. The van der Waals surface area contributed by atoms with E-state index in [0.29, 0.717) is 6.61 Å². The molecule has 0 aromatic rings. The lowest BCUT2D eigenvalue weighted by molar-refractivity contribution is 0.134. The first-order valence-electron chi connectivity index (χ1n) is 2.90. The van der Waals surface area contributed by atoms with Gasteiger partial charge >= 0.3 is 0 Å². The minimum Gasteiger partial charge on any atom is -0.384 e. The molecule has 1 unspecified atom stereocenters. The Hall–Kier alpha value is -0.110. The van der Waals surface area contributed by atoms with E-state index in [0.717, 1.165) is 6.42 Å². The first-order chi connectivity index (χ1) is 3.85. The van der Waals surface area contributed by atoms with E-state index < -0.39 is 0 Å². The number of hydrogen-bond acceptors (Lipinski definition) is 1. The van der Waals surface area contributed by atoms with Gasteiger partial charge in [-0.25, -0.2) is 0 Å². The number of rotatable bonds is 4. The van der Waals surface area contributed by atoms with Crippen molar-refractivity contribution in [2.24, 2.45) is 5.92 Å². The molecule has 50 valence electrons. The fourth-order valence-corrected chi connectivity index (χ4v) is 0.507. The highest BCUT2D eigenvalue weighted by Gasteiger charge is 2.02. The van der Waals surface area contributed by atoms with Crippen LogP contribution in [0, 0.1) is 5.92 Å². The summed E-state index contributed by atoms with van der Waals surface area (Å²) in [5.41, 5.74) is 0. The molecule has 0 heterocycles. The van der Waals surface area contributed by atoms with Gasteiger partial charge in [0.2, 0.25) is 0 Å². The van der Waals surface area contributed by atoms with E-state index in [1.54, 1.807) is 7.11 Å². The number of halogens is 1. The molecule has 8 heavy (non-hydrogen) atoms. The molecule has 0 bridgehead atoms. The van der Waals surface area contributed by atoms with Crippen LogP contribution in [0.4, 0.5) is 4.39 Å². The van der Waals surface area contributed by atoms with E-state index in [4.69, 9.17) is 4.74 Å². The Morgan fingerprint density at radius 1 is 1.62 bits per heavy atom. The summed E-state index contributed by atoms with van der Waals surface area (Å²) in [4.78, 5) is 0. The lowest BCUT2D eigenvalue weighted by Gasteiger charge is -2.06. The second kappa shape index (κ2) is 5.04. The van der Waals surface area contributed by atoms with E-state index in [9.17, 15) is 4.39 Å². The molecule has 1 atom stereocenters. The summed E-state index contributed by atoms with van der Waals surface area (Å²) >= 11 is 0. The maximum absolute atomic E-state index is 11.8. The molecule has 0 aliphatic heterocycles. The molecule has 1 nitrogen and oxygen atoms in total. The largest absolute Gasteiger partial charge is 0.384 e. The zero-order valence-electron chi connectivity index (χ0n) is 5.48. The van der Waals surface area contributed by atoms with Crippen LogP contribution in [0.1, 0.15) is 13.3 Å². The van der Waals surface area contributed by atoms with Gasteiger partial charge in [-0.05, 0) is 6.42 Å². The monoisotopic (exact) mass is 120 g/mol. The quantitative estimate of drug-likeness (QED) is 0.548. The van der Waals surface area contributed by atoms with Crippen LogP contribution < -0.4 is 0 Å². The minimum atomic E-state index is -0.260. The van der Waals surface area contributed by atoms with Gasteiger partial charge in [0.1, 0.15) is 0 Å². The summed E-state index contributed by atoms with van der Waals surface area (Å²) in [7, 11) is 1.60. The summed E-state index contributed by atoms with van der Waals surface area (Å²) in [6, 6.07) is 0. The van der Waals surface area contributed by atoms with Crippen LogP contribution in [0.25, 0.3) is 0 Å². The van der Waals surface area contributed by atoms with Crippen molar-refractivity contribution in [3.8, 4) is 0 Å². The van der Waals surface area contributed by atoms with Crippen molar-refractivity contribution in [2.45, 2.75) is 13.3 Å². The third-order valence-electron chi connectivity index (χ3n) is 1.20. The predicted molar refractivity (Wildman–Crippen MR) is 31.6 cm³/mol. The molecule has 0 N–H and O–H groups in total. The second-order valence-corrected chi connectivity index (χ2v) is 1.88. The van der Waals surface area contributed by atoms with Crippen LogP contribution in [0.3, 0.4) is 0 Å². The first kappa shape index (κ1) is 7.89. The highest BCUT2D eigenvalue weighted by molar-refractivity contribution is 4.51. The van der Waals surface area contributed by atoms with Crippen molar-refractivity contribution in [1.29, 1.82) is 0 Å². The van der Waals surface area contributed by atoms with E-state index in [1.165, 1.54) is 0 Å². The summed E-state index contributed by atoms with van der Waals surface area (Å²) in [6.07, 6.45) is 0.865. The maximum atomic E-state index is 11.8. The number of ether oxygens (including phenoxy) is 1. The van der Waals surface area contributed by atoms with Gasteiger partial charge in [0.25, 0.3) is 0 Å². The molecule has 2 heteroatoms. The summed E-state index contributed by atoms with van der Waals surface area (Å²) in [5.74, 6) is 0.111. The average molecular weight is 120 g/mol. The Bertz CT molecular complexity index is 43.8. The van der Waals surface area contributed by atoms with Crippen molar-refractivity contribution >= 4 is 0 Å². The van der Waals surface area contributed by atoms with Crippen LogP contribution in [0.15, 0.2) is 0 Å². The van der Waals surface area contributed by atoms with Gasteiger partial charge in [0, 0.05) is 13.0 Å². The third kappa shape index (κ3) is 2.97. The number of methoxy groups -OCH3 is 1. The zero-order chi connectivity index (χ0) is 6.41. The number of hydrogen-bond donors (Lipinski definition) is 0. The third-order valence-corrected chi connectivity index (χ3v) is 1.20. The molecule has 0 aliphatic carbocycles. The Morgan fingerprint density at radius 2 is 2.25 bits per heavy atom. The maximum Gasteiger partial charge on any atom is 0.0944 e. The van der Waals surface area contributed by atoms with Gasteiger partial charge in [0.05, 0.1) is 13.3 Å². The average Bonchev–Trinajstić information content (AvgIpc) is 1.83. The van der Waals surface area contributed by atoms with Crippen molar-refractivity contribution in [3.05, 3.63) is 0 Å². The van der Waals surface area contributed by atoms with Gasteiger partial charge in [0.15, 0.2) is 0 Å². The Morgan fingerprint density at radius 3 is 2.38 bits per heavy atom.